The Morgan fingerprint density at radius 1 is 1.43 bits per heavy atom. The van der Waals surface area contributed by atoms with E-state index in [0.29, 0.717) is 6.42 Å². The predicted molar refractivity (Wildman–Crippen MR) is 54.5 cm³/mol. The highest BCUT2D eigenvalue weighted by molar-refractivity contribution is 5.78. The van der Waals surface area contributed by atoms with Gasteiger partial charge in [-0.15, -0.1) is 0 Å². The summed E-state index contributed by atoms with van der Waals surface area (Å²) in [7, 11) is 0. The summed E-state index contributed by atoms with van der Waals surface area (Å²) < 4.78 is 0. The first-order valence-electron chi connectivity index (χ1n) is 4.84. The third-order valence-corrected chi connectivity index (χ3v) is 3.08. The molecule has 1 aliphatic carbocycles. The molecule has 2 heteroatoms. The molecule has 74 valence electrons. The minimum Gasteiger partial charge on any atom is -0.481 e. The van der Waals surface area contributed by atoms with Crippen molar-refractivity contribution in [2.75, 3.05) is 0 Å². The van der Waals surface area contributed by atoms with Crippen molar-refractivity contribution in [2.24, 2.45) is 0 Å². The number of carboxylic acid groups (broad SMARTS) is 1. The fourth-order valence-electron chi connectivity index (χ4n) is 2.37. The Morgan fingerprint density at radius 2 is 2.07 bits per heavy atom. The minimum atomic E-state index is -0.706. The van der Waals surface area contributed by atoms with Gasteiger partial charge in [-0.25, -0.2) is 0 Å². The van der Waals surface area contributed by atoms with Crippen molar-refractivity contribution in [2.45, 2.75) is 31.6 Å². The summed E-state index contributed by atoms with van der Waals surface area (Å²) in [6.07, 6.45) is 0.710. The molecular formula is C12H14O2. The fourth-order valence-corrected chi connectivity index (χ4v) is 2.37. The topological polar surface area (TPSA) is 37.3 Å². The smallest absolute Gasteiger partial charge is 0.311 e. The SMILES string of the molecule is CC1(C)CC(C(=O)O)c2ccccc21. The highest BCUT2D eigenvalue weighted by Gasteiger charge is 2.39. The van der Waals surface area contributed by atoms with Crippen LogP contribution in [0.5, 0.6) is 0 Å². The van der Waals surface area contributed by atoms with Crippen LogP contribution < -0.4 is 0 Å². The molecule has 2 rings (SSSR count). The van der Waals surface area contributed by atoms with Gasteiger partial charge in [-0.1, -0.05) is 38.1 Å². The standard InChI is InChI=1S/C12H14O2/c1-12(2)7-9(11(13)14)8-5-3-4-6-10(8)12/h3-6,9H,7H2,1-2H3,(H,13,14). The summed E-state index contributed by atoms with van der Waals surface area (Å²) in [5.74, 6) is -1.02. The van der Waals surface area contributed by atoms with Crippen LogP contribution in [0.25, 0.3) is 0 Å². The summed E-state index contributed by atoms with van der Waals surface area (Å²) in [4.78, 5) is 11.1. The van der Waals surface area contributed by atoms with Crippen molar-refractivity contribution < 1.29 is 9.90 Å². The normalized spacial score (nSPS) is 23.1. The third-order valence-electron chi connectivity index (χ3n) is 3.08. The van der Waals surface area contributed by atoms with Gasteiger partial charge in [0.15, 0.2) is 0 Å². The molecule has 0 saturated carbocycles. The Kier molecular flexibility index (Phi) is 1.88. The molecule has 0 radical (unpaired) electrons. The number of carbonyl (C=O) groups is 1. The number of benzene rings is 1. The molecule has 0 saturated heterocycles. The number of aliphatic carboxylic acids is 1. The summed E-state index contributed by atoms with van der Waals surface area (Å²) in [6, 6.07) is 7.86. The van der Waals surface area contributed by atoms with Crippen molar-refractivity contribution in [1.29, 1.82) is 0 Å². The largest absolute Gasteiger partial charge is 0.481 e. The van der Waals surface area contributed by atoms with Crippen LogP contribution in [-0.4, -0.2) is 11.1 Å². The van der Waals surface area contributed by atoms with E-state index in [9.17, 15) is 4.79 Å². The molecule has 0 fully saturated rings. The van der Waals surface area contributed by atoms with E-state index < -0.39 is 5.97 Å². The van der Waals surface area contributed by atoms with Gasteiger partial charge in [0.2, 0.25) is 0 Å². The van der Waals surface area contributed by atoms with Crippen molar-refractivity contribution in [3.63, 3.8) is 0 Å². The van der Waals surface area contributed by atoms with Crippen molar-refractivity contribution in [3.8, 4) is 0 Å². The molecule has 1 aromatic rings. The molecule has 1 N–H and O–H groups in total. The Bertz CT molecular complexity index is 380. The highest BCUT2D eigenvalue weighted by Crippen LogP contribution is 2.45. The van der Waals surface area contributed by atoms with Crippen LogP contribution in [0, 0.1) is 0 Å². The van der Waals surface area contributed by atoms with Crippen LogP contribution in [0.1, 0.15) is 37.3 Å². The zero-order valence-corrected chi connectivity index (χ0v) is 8.45. The van der Waals surface area contributed by atoms with Crippen LogP contribution >= 0.6 is 0 Å². The summed E-state index contributed by atoms with van der Waals surface area (Å²) in [6.45, 7) is 4.21. The fraction of sp³-hybridized carbons (Fsp3) is 0.417. The lowest BCUT2D eigenvalue weighted by atomic mass is 9.86. The van der Waals surface area contributed by atoms with Crippen LogP contribution in [0.15, 0.2) is 24.3 Å². The second-order valence-electron chi connectivity index (χ2n) is 4.57. The van der Waals surface area contributed by atoms with Crippen molar-refractivity contribution in [1.82, 2.24) is 0 Å². The first-order chi connectivity index (χ1) is 6.52. The van der Waals surface area contributed by atoms with Gasteiger partial charge in [0.1, 0.15) is 0 Å². The van der Waals surface area contributed by atoms with Crippen molar-refractivity contribution in [3.05, 3.63) is 35.4 Å². The van der Waals surface area contributed by atoms with E-state index in [1.54, 1.807) is 0 Å². The molecule has 14 heavy (non-hydrogen) atoms. The Hall–Kier alpha value is -1.31. The maximum absolute atomic E-state index is 11.1. The van der Waals surface area contributed by atoms with E-state index in [-0.39, 0.29) is 11.3 Å². The Morgan fingerprint density at radius 3 is 2.71 bits per heavy atom. The van der Waals surface area contributed by atoms with Gasteiger partial charge < -0.3 is 5.11 Å². The van der Waals surface area contributed by atoms with E-state index >= 15 is 0 Å². The van der Waals surface area contributed by atoms with Gasteiger partial charge in [0.05, 0.1) is 5.92 Å². The van der Waals surface area contributed by atoms with Gasteiger partial charge in [-0.3, -0.25) is 4.79 Å². The maximum Gasteiger partial charge on any atom is 0.311 e. The number of carboxylic acids is 1. The Balaban J connectivity index is 2.55. The summed E-state index contributed by atoms with van der Waals surface area (Å²) in [5.41, 5.74) is 2.18. The molecule has 0 spiro atoms. The van der Waals surface area contributed by atoms with Crippen molar-refractivity contribution >= 4 is 5.97 Å². The molecule has 1 aliphatic rings. The molecule has 0 amide bonds. The molecule has 0 aromatic heterocycles. The molecule has 1 atom stereocenters. The zero-order valence-electron chi connectivity index (χ0n) is 8.45. The van der Waals surface area contributed by atoms with Gasteiger partial charge in [0.25, 0.3) is 0 Å². The summed E-state index contributed by atoms with van der Waals surface area (Å²) in [5, 5.41) is 9.09. The second kappa shape index (κ2) is 2.84. The molecule has 0 heterocycles. The molecule has 1 aromatic carbocycles. The predicted octanol–water partition coefficient (Wildman–Crippen LogP) is 2.54. The van der Waals surface area contributed by atoms with Crippen LogP contribution in [-0.2, 0) is 10.2 Å². The van der Waals surface area contributed by atoms with Gasteiger partial charge in [-0.2, -0.15) is 0 Å². The molecule has 1 unspecified atom stereocenters. The average Bonchev–Trinajstić information content (AvgIpc) is 2.40. The van der Waals surface area contributed by atoms with E-state index in [4.69, 9.17) is 5.11 Å². The monoisotopic (exact) mass is 190 g/mol. The number of rotatable bonds is 1. The first kappa shape index (κ1) is 9.25. The molecule has 0 bridgehead atoms. The van der Waals surface area contributed by atoms with E-state index in [1.165, 1.54) is 5.56 Å². The lowest BCUT2D eigenvalue weighted by Gasteiger charge is -2.18. The molecular weight excluding hydrogens is 176 g/mol. The van der Waals surface area contributed by atoms with Crippen LogP contribution in [0.2, 0.25) is 0 Å². The third kappa shape index (κ3) is 1.22. The summed E-state index contributed by atoms with van der Waals surface area (Å²) >= 11 is 0. The lowest BCUT2D eigenvalue weighted by molar-refractivity contribution is -0.139. The van der Waals surface area contributed by atoms with Crippen LogP contribution in [0.3, 0.4) is 0 Å². The molecule has 2 nitrogen and oxygen atoms in total. The minimum absolute atomic E-state index is 0.000347. The average molecular weight is 190 g/mol. The Labute approximate surface area is 83.6 Å². The lowest BCUT2D eigenvalue weighted by Crippen LogP contribution is -2.14. The zero-order chi connectivity index (χ0) is 10.3. The quantitative estimate of drug-likeness (QED) is 0.738. The van der Waals surface area contributed by atoms with Crippen LogP contribution in [0.4, 0.5) is 0 Å². The first-order valence-corrected chi connectivity index (χ1v) is 4.84. The maximum atomic E-state index is 11.1. The van der Waals surface area contributed by atoms with E-state index in [1.807, 2.05) is 24.3 Å². The van der Waals surface area contributed by atoms with Gasteiger partial charge in [0, 0.05) is 0 Å². The second-order valence-corrected chi connectivity index (χ2v) is 4.57. The van der Waals surface area contributed by atoms with E-state index in [2.05, 4.69) is 13.8 Å². The van der Waals surface area contributed by atoms with E-state index in [0.717, 1.165) is 5.56 Å². The molecule has 0 aliphatic heterocycles. The van der Waals surface area contributed by atoms with Gasteiger partial charge in [-0.05, 0) is 23.0 Å². The number of fused-ring (bicyclic) bond motifs is 1. The van der Waals surface area contributed by atoms with Gasteiger partial charge >= 0.3 is 5.97 Å². The number of hydrogen-bond acceptors (Lipinski definition) is 1. The highest BCUT2D eigenvalue weighted by atomic mass is 16.4. The number of hydrogen-bond donors (Lipinski definition) is 1.